The average molecular weight is 428 g/mol. The van der Waals surface area contributed by atoms with Crippen LogP contribution in [0.1, 0.15) is 20.7 Å². The molecule has 0 radical (unpaired) electrons. The highest BCUT2D eigenvalue weighted by molar-refractivity contribution is 6.30. The predicted molar refractivity (Wildman–Crippen MR) is 99.0 cm³/mol. The van der Waals surface area contributed by atoms with E-state index in [2.05, 4.69) is 9.72 Å². The van der Waals surface area contributed by atoms with Gasteiger partial charge in [0.25, 0.3) is 11.8 Å². The van der Waals surface area contributed by atoms with Gasteiger partial charge in [0.05, 0.1) is 5.56 Å². The van der Waals surface area contributed by atoms with Crippen molar-refractivity contribution in [1.82, 2.24) is 14.8 Å². The fraction of sp³-hybridized carbons (Fsp3) is 0.316. The standard InChI is InChI=1S/C19H17ClF3N3O3/c20-15-4-1-13(2-5-15)17(27)25-7-9-26(10-8-25)18(28)14-3-6-16(24-11-14)29-12-19(21,22)23/h1-6,11H,7-10,12H2. The van der Waals surface area contributed by atoms with E-state index >= 15 is 0 Å². The van der Waals surface area contributed by atoms with Crippen molar-refractivity contribution in [3.05, 3.63) is 58.7 Å². The maximum atomic E-state index is 12.6. The van der Waals surface area contributed by atoms with E-state index in [1.807, 2.05) is 0 Å². The third-order valence-electron chi connectivity index (χ3n) is 4.31. The van der Waals surface area contributed by atoms with Crippen LogP contribution in [0.4, 0.5) is 13.2 Å². The number of carbonyl (C=O) groups is 2. The maximum absolute atomic E-state index is 12.6. The van der Waals surface area contributed by atoms with Gasteiger partial charge in [0, 0.05) is 49.0 Å². The molecule has 3 rings (SSSR count). The van der Waals surface area contributed by atoms with Crippen molar-refractivity contribution >= 4 is 23.4 Å². The molecule has 1 aromatic carbocycles. The summed E-state index contributed by atoms with van der Waals surface area (Å²) in [5.74, 6) is -0.655. The predicted octanol–water partition coefficient (Wildman–Crippen LogP) is 3.27. The molecule has 0 bridgehead atoms. The Balaban J connectivity index is 1.54. The fourth-order valence-electron chi connectivity index (χ4n) is 2.82. The molecule has 154 valence electrons. The van der Waals surface area contributed by atoms with Crippen LogP contribution in [0, 0.1) is 0 Å². The number of nitrogens with zero attached hydrogens (tertiary/aromatic N) is 3. The summed E-state index contributed by atoms with van der Waals surface area (Å²) in [5.41, 5.74) is 0.759. The van der Waals surface area contributed by atoms with Gasteiger partial charge in [0.15, 0.2) is 6.61 Å². The van der Waals surface area contributed by atoms with Crippen LogP contribution in [0.3, 0.4) is 0 Å². The lowest BCUT2D eigenvalue weighted by atomic mass is 10.1. The first kappa shape index (κ1) is 20.9. The number of pyridine rings is 1. The second kappa shape index (κ2) is 8.69. The lowest BCUT2D eigenvalue weighted by Crippen LogP contribution is -2.50. The Morgan fingerprint density at radius 3 is 1.93 bits per heavy atom. The van der Waals surface area contributed by atoms with Gasteiger partial charge in [-0.3, -0.25) is 9.59 Å². The van der Waals surface area contributed by atoms with E-state index in [1.54, 1.807) is 34.1 Å². The highest BCUT2D eigenvalue weighted by Crippen LogP contribution is 2.18. The minimum atomic E-state index is -4.46. The molecule has 29 heavy (non-hydrogen) atoms. The minimum Gasteiger partial charge on any atom is -0.468 e. The molecule has 2 heterocycles. The number of benzene rings is 1. The van der Waals surface area contributed by atoms with Crippen LogP contribution in [-0.2, 0) is 0 Å². The first-order chi connectivity index (χ1) is 13.7. The summed E-state index contributed by atoms with van der Waals surface area (Å²) < 4.78 is 41.0. The molecule has 0 N–H and O–H groups in total. The van der Waals surface area contributed by atoms with E-state index in [9.17, 15) is 22.8 Å². The molecule has 0 saturated carbocycles. The van der Waals surface area contributed by atoms with Gasteiger partial charge in [0.1, 0.15) is 0 Å². The Hall–Kier alpha value is -2.81. The number of halogens is 4. The van der Waals surface area contributed by atoms with Gasteiger partial charge in [0.2, 0.25) is 5.88 Å². The van der Waals surface area contributed by atoms with Crippen LogP contribution >= 0.6 is 11.6 Å². The maximum Gasteiger partial charge on any atom is 0.422 e. The molecule has 0 spiro atoms. The van der Waals surface area contributed by atoms with Crippen molar-refractivity contribution in [2.75, 3.05) is 32.8 Å². The molecule has 0 unspecified atom stereocenters. The van der Waals surface area contributed by atoms with Crippen molar-refractivity contribution < 1.29 is 27.5 Å². The molecule has 2 amide bonds. The van der Waals surface area contributed by atoms with E-state index in [-0.39, 0.29) is 23.3 Å². The average Bonchev–Trinajstić information content (AvgIpc) is 2.72. The molecule has 0 aliphatic carbocycles. The number of hydrogen-bond donors (Lipinski definition) is 0. The minimum absolute atomic E-state index is 0.137. The first-order valence-corrected chi connectivity index (χ1v) is 9.10. The normalized spacial score (nSPS) is 14.6. The van der Waals surface area contributed by atoms with Gasteiger partial charge in [-0.25, -0.2) is 4.98 Å². The number of alkyl halides is 3. The van der Waals surface area contributed by atoms with Crippen molar-refractivity contribution in [3.8, 4) is 5.88 Å². The Morgan fingerprint density at radius 1 is 0.931 bits per heavy atom. The summed E-state index contributed by atoms with van der Waals surface area (Å²) in [7, 11) is 0. The highest BCUT2D eigenvalue weighted by atomic mass is 35.5. The number of rotatable bonds is 4. The van der Waals surface area contributed by atoms with Crippen LogP contribution in [0.25, 0.3) is 0 Å². The third-order valence-corrected chi connectivity index (χ3v) is 4.56. The molecule has 10 heteroatoms. The van der Waals surface area contributed by atoms with Crippen molar-refractivity contribution in [1.29, 1.82) is 0 Å². The quantitative estimate of drug-likeness (QED) is 0.751. The molecule has 1 aliphatic rings. The number of hydrogen-bond acceptors (Lipinski definition) is 4. The van der Waals surface area contributed by atoms with Crippen LogP contribution in [-0.4, -0.2) is 65.6 Å². The smallest absolute Gasteiger partial charge is 0.422 e. The van der Waals surface area contributed by atoms with Crippen LogP contribution in [0.2, 0.25) is 5.02 Å². The summed E-state index contributed by atoms with van der Waals surface area (Å²) >= 11 is 5.83. The van der Waals surface area contributed by atoms with E-state index in [4.69, 9.17) is 11.6 Å². The SMILES string of the molecule is O=C(c1ccc(Cl)cc1)N1CCN(C(=O)c2ccc(OCC(F)(F)F)nc2)CC1. The highest BCUT2D eigenvalue weighted by Gasteiger charge is 2.29. The zero-order valence-corrected chi connectivity index (χ0v) is 15.9. The molecule has 1 saturated heterocycles. The number of amides is 2. The summed E-state index contributed by atoms with van der Waals surface area (Å²) in [5, 5.41) is 0.542. The molecule has 6 nitrogen and oxygen atoms in total. The van der Waals surface area contributed by atoms with Gasteiger partial charge < -0.3 is 14.5 Å². The second-order valence-corrected chi connectivity index (χ2v) is 6.82. The second-order valence-electron chi connectivity index (χ2n) is 6.38. The Bertz CT molecular complexity index is 865. The van der Waals surface area contributed by atoms with E-state index < -0.39 is 12.8 Å². The van der Waals surface area contributed by atoms with Crippen LogP contribution in [0.5, 0.6) is 5.88 Å². The lowest BCUT2D eigenvalue weighted by molar-refractivity contribution is -0.154. The third kappa shape index (κ3) is 5.60. The zero-order valence-electron chi connectivity index (χ0n) is 15.2. The lowest BCUT2D eigenvalue weighted by Gasteiger charge is -2.34. The molecule has 2 aromatic rings. The van der Waals surface area contributed by atoms with Gasteiger partial charge in [-0.2, -0.15) is 13.2 Å². The van der Waals surface area contributed by atoms with E-state index in [1.165, 1.54) is 18.3 Å². The number of aromatic nitrogens is 1. The monoisotopic (exact) mass is 427 g/mol. The summed E-state index contributed by atoms with van der Waals surface area (Å²) in [6.07, 6.45) is -3.28. The van der Waals surface area contributed by atoms with Crippen molar-refractivity contribution in [2.45, 2.75) is 6.18 Å². The van der Waals surface area contributed by atoms with Crippen molar-refractivity contribution in [3.63, 3.8) is 0 Å². The van der Waals surface area contributed by atoms with Crippen LogP contribution in [0.15, 0.2) is 42.6 Å². The largest absolute Gasteiger partial charge is 0.468 e. The summed E-state index contributed by atoms with van der Waals surface area (Å²) in [4.78, 5) is 32.0. The topological polar surface area (TPSA) is 62.7 Å². The molecule has 0 atom stereocenters. The molecular formula is C19H17ClF3N3O3. The van der Waals surface area contributed by atoms with Crippen LogP contribution < -0.4 is 4.74 Å². The molecular weight excluding hydrogens is 411 g/mol. The molecule has 1 aliphatic heterocycles. The number of piperazine rings is 1. The number of ether oxygens (including phenoxy) is 1. The summed E-state index contributed by atoms with van der Waals surface area (Å²) in [6, 6.07) is 9.17. The Kier molecular flexibility index (Phi) is 6.26. The fourth-order valence-corrected chi connectivity index (χ4v) is 2.94. The van der Waals surface area contributed by atoms with Gasteiger partial charge in [-0.05, 0) is 30.3 Å². The Morgan fingerprint density at radius 2 is 1.45 bits per heavy atom. The molecule has 1 fully saturated rings. The Labute approximate surface area is 169 Å². The van der Waals surface area contributed by atoms with E-state index in [0.29, 0.717) is 36.8 Å². The number of carbonyl (C=O) groups excluding carboxylic acids is 2. The first-order valence-electron chi connectivity index (χ1n) is 8.73. The van der Waals surface area contributed by atoms with Gasteiger partial charge >= 0.3 is 6.18 Å². The van der Waals surface area contributed by atoms with E-state index in [0.717, 1.165) is 0 Å². The zero-order chi connectivity index (χ0) is 21.0. The van der Waals surface area contributed by atoms with Crippen molar-refractivity contribution in [2.24, 2.45) is 0 Å². The van der Waals surface area contributed by atoms with Gasteiger partial charge in [-0.15, -0.1) is 0 Å². The molecule has 1 aromatic heterocycles. The summed E-state index contributed by atoms with van der Waals surface area (Å²) in [6.45, 7) is -0.0350. The van der Waals surface area contributed by atoms with Gasteiger partial charge in [-0.1, -0.05) is 11.6 Å².